The number of rotatable bonds is 6. The van der Waals surface area contributed by atoms with Crippen molar-refractivity contribution in [1.29, 1.82) is 0 Å². The Balaban J connectivity index is 2.32. The quantitative estimate of drug-likeness (QED) is 0.885. The van der Waals surface area contributed by atoms with Crippen LogP contribution in [0.15, 0.2) is 36.7 Å². The molecule has 1 atom stereocenters. The van der Waals surface area contributed by atoms with Crippen LogP contribution in [0.25, 0.3) is 0 Å². The molecule has 1 unspecified atom stereocenters. The highest BCUT2D eigenvalue weighted by Crippen LogP contribution is 2.28. The molecular weight excluding hydrogens is 264 g/mol. The number of nitrogens with zero attached hydrogens (tertiary/aromatic N) is 2. The van der Waals surface area contributed by atoms with Crippen LogP contribution in [0.1, 0.15) is 30.8 Å². The van der Waals surface area contributed by atoms with E-state index in [4.69, 9.17) is 5.73 Å². The van der Waals surface area contributed by atoms with Crippen LogP contribution in [0.3, 0.4) is 0 Å². The van der Waals surface area contributed by atoms with E-state index in [9.17, 15) is 8.78 Å². The molecule has 0 amide bonds. The number of halogens is 2. The van der Waals surface area contributed by atoms with Gasteiger partial charge in [0, 0.05) is 24.5 Å². The van der Waals surface area contributed by atoms with Crippen LogP contribution in [0.4, 0.5) is 8.78 Å². The first-order valence-electron chi connectivity index (χ1n) is 6.43. The fourth-order valence-corrected chi connectivity index (χ4v) is 2.11. The summed E-state index contributed by atoms with van der Waals surface area (Å²) in [6.45, 7) is -0.0527. The number of para-hydroxylation sites is 1. The van der Waals surface area contributed by atoms with Crippen LogP contribution in [0.2, 0.25) is 0 Å². The van der Waals surface area contributed by atoms with Gasteiger partial charge in [-0.2, -0.15) is 8.78 Å². The molecule has 1 aromatic heterocycles. The molecular formula is C14H17F2N3O. The third kappa shape index (κ3) is 3.14. The average Bonchev–Trinajstić information content (AvgIpc) is 2.86. The van der Waals surface area contributed by atoms with Gasteiger partial charge in [-0.25, -0.2) is 4.98 Å². The van der Waals surface area contributed by atoms with Crippen LogP contribution in [0.5, 0.6) is 5.75 Å². The van der Waals surface area contributed by atoms with Crippen LogP contribution in [0, 0.1) is 0 Å². The van der Waals surface area contributed by atoms with E-state index in [1.807, 2.05) is 17.7 Å². The van der Waals surface area contributed by atoms with Gasteiger partial charge >= 0.3 is 6.61 Å². The molecule has 0 bridgehead atoms. The first-order chi connectivity index (χ1) is 9.63. The molecule has 20 heavy (non-hydrogen) atoms. The first kappa shape index (κ1) is 14.5. The van der Waals surface area contributed by atoms with Crippen molar-refractivity contribution in [3.63, 3.8) is 0 Å². The summed E-state index contributed by atoms with van der Waals surface area (Å²) in [5.74, 6) is 0.721. The van der Waals surface area contributed by atoms with Crippen molar-refractivity contribution in [2.24, 2.45) is 5.73 Å². The van der Waals surface area contributed by atoms with Gasteiger partial charge in [0.1, 0.15) is 11.6 Å². The van der Waals surface area contributed by atoms with Crippen molar-refractivity contribution in [2.45, 2.75) is 32.5 Å². The third-order valence-electron chi connectivity index (χ3n) is 2.96. The normalized spacial score (nSPS) is 12.7. The summed E-state index contributed by atoms with van der Waals surface area (Å²) in [5, 5.41) is 0. The summed E-state index contributed by atoms with van der Waals surface area (Å²) in [7, 11) is 0. The number of benzene rings is 1. The van der Waals surface area contributed by atoms with Crippen LogP contribution in [-0.4, -0.2) is 16.2 Å². The van der Waals surface area contributed by atoms with Gasteiger partial charge in [-0.15, -0.1) is 0 Å². The Morgan fingerprint density at radius 2 is 2.10 bits per heavy atom. The predicted molar refractivity (Wildman–Crippen MR) is 71.6 cm³/mol. The Kier molecular flexibility index (Phi) is 4.68. The van der Waals surface area contributed by atoms with E-state index >= 15 is 0 Å². The average molecular weight is 281 g/mol. The van der Waals surface area contributed by atoms with E-state index in [-0.39, 0.29) is 5.75 Å². The molecule has 0 radical (unpaired) electrons. The molecule has 4 nitrogen and oxygen atoms in total. The van der Waals surface area contributed by atoms with E-state index in [0.29, 0.717) is 11.4 Å². The molecule has 0 fully saturated rings. The maximum absolute atomic E-state index is 12.4. The standard InChI is InChI=1S/C14H17F2N3O/c1-2-8-19-9-7-18-13(19)12(17)10-5-3-4-6-11(10)20-14(15)16/h3-7,9,12,14H,2,8,17H2,1H3. The molecule has 0 aliphatic heterocycles. The van der Waals surface area contributed by atoms with Gasteiger partial charge in [0.15, 0.2) is 0 Å². The minimum Gasteiger partial charge on any atom is -0.434 e. The fourth-order valence-electron chi connectivity index (χ4n) is 2.11. The molecule has 0 aliphatic rings. The van der Waals surface area contributed by atoms with Crippen molar-refractivity contribution >= 4 is 0 Å². The molecule has 0 aliphatic carbocycles. The van der Waals surface area contributed by atoms with Gasteiger partial charge in [-0.05, 0) is 12.5 Å². The molecule has 0 saturated carbocycles. The van der Waals surface area contributed by atoms with Crippen LogP contribution in [-0.2, 0) is 6.54 Å². The van der Waals surface area contributed by atoms with Gasteiger partial charge in [0.25, 0.3) is 0 Å². The Morgan fingerprint density at radius 3 is 2.80 bits per heavy atom. The molecule has 0 spiro atoms. The lowest BCUT2D eigenvalue weighted by Crippen LogP contribution is -2.19. The highest BCUT2D eigenvalue weighted by Gasteiger charge is 2.19. The smallest absolute Gasteiger partial charge is 0.387 e. The Hall–Kier alpha value is -1.95. The van der Waals surface area contributed by atoms with Crippen molar-refractivity contribution in [3.8, 4) is 5.75 Å². The number of aryl methyl sites for hydroxylation is 1. The zero-order chi connectivity index (χ0) is 14.5. The minimum absolute atomic E-state index is 0.0843. The van der Waals surface area contributed by atoms with Gasteiger partial charge in [-0.3, -0.25) is 0 Å². The molecule has 6 heteroatoms. The monoisotopic (exact) mass is 281 g/mol. The number of nitrogens with two attached hydrogens (primary N) is 1. The van der Waals surface area contributed by atoms with Crippen LogP contribution >= 0.6 is 0 Å². The first-order valence-corrected chi connectivity index (χ1v) is 6.43. The zero-order valence-corrected chi connectivity index (χ0v) is 11.2. The fraction of sp³-hybridized carbons (Fsp3) is 0.357. The zero-order valence-electron chi connectivity index (χ0n) is 11.2. The van der Waals surface area contributed by atoms with Crippen molar-refractivity contribution in [2.75, 3.05) is 0 Å². The number of aromatic nitrogens is 2. The number of imidazole rings is 1. The Morgan fingerprint density at radius 1 is 1.35 bits per heavy atom. The summed E-state index contributed by atoms with van der Waals surface area (Å²) in [5.41, 5.74) is 6.66. The minimum atomic E-state index is -2.88. The van der Waals surface area contributed by atoms with E-state index in [0.717, 1.165) is 13.0 Å². The summed E-state index contributed by atoms with van der Waals surface area (Å²) in [4.78, 5) is 4.23. The molecule has 0 saturated heterocycles. The second-order valence-corrected chi connectivity index (χ2v) is 4.37. The van der Waals surface area contributed by atoms with Crippen molar-refractivity contribution in [1.82, 2.24) is 9.55 Å². The SMILES string of the molecule is CCCn1ccnc1C(N)c1ccccc1OC(F)F. The molecule has 108 valence electrons. The van der Waals surface area contributed by atoms with E-state index in [1.54, 1.807) is 24.4 Å². The van der Waals surface area contributed by atoms with E-state index < -0.39 is 12.7 Å². The second kappa shape index (κ2) is 6.47. The Bertz CT molecular complexity index is 557. The lowest BCUT2D eigenvalue weighted by atomic mass is 10.1. The third-order valence-corrected chi connectivity index (χ3v) is 2.96. The van der Waals surface area contributed by atoms with Crippen molar-refractivity contribution < 1.29 is 13.5 Å². The molecule has 1 heterocycles. The van der Waals surface area contributed by atoms with E-state index in [2.05, 4.69) is 9.72 Å². The number of hydrogen-bond donors (Lipinski definition) is 1. The summed E-state index contributed by atoms with van der Waals surface area (Å²) >= 11 is 0. The predicted octanol–water partition coefficient (Wildman–Crippen LogP) is 2.94. The summed E-state index contributed by atoms with van der Waals surface area (Å²) in [6.07, 6.45) is 4.42. The second-order valence-electron chi connectivity index (χ2n) is 4.37. The number of ether oxygens (including phenoxy) is 1. The van der Waals surface area contributed by atoms with Gasteiger partial charge in [0.05, 0.1) is 6.04 Å². The highest BCUT2D eigenvalue weighted by molar-refractivity contribution is 5.38. The van der Waals surface area contributed by atoms with Gasteiger partial charge in [0.2, 0.25) is 0 Å². The largest absolute Gasteiger partial charge is 0.434 e. The maximum atomic E-state index is 12.4. The molecule has 2 N–H and O–H groups in total. The molecule has 2 rings (SSSR count). The lowest BCUT2D eigenvalue weighted by molar-refractivity contribution is -0.0505. The molecule has 1 aromatic carbocycles. The highest BCUT2D eigenvalue weighted by atomic mass is 19.3. The summed E-state index contributed by atoms with van der Waals surface area (Å²) in [6, 6.07) is 5.92. The maximum Gasteiger partial charge on any atom is 0.387 e. The van der Waals surface area contributed by atoms with Gasteiger partial charge in [-0.1, -0.05) is 25.1 Å². The number of alkyl halides is 2. The Labute approximate surface area is 116 Å². The van der Waals surface area contributed by atoms with Crippen LogP contribution < -0.4 is 10.5 Å². The molecule has 2 aromatic rings. The van der Waals surface area contributed by atoms with E-state index in [1.165, 1.54) is 6.07 Å². The van der Waals surface area contributed by atoms with Gasteiger partial charge < -0.3 is 15.0 Å². The summed E-state index contributed by atoms with van der Waals surface area (Å²) < 4.78 is 31.3. The topological polar surface area (TPSA) is 53.1 Å². The lowest BCUT2D eigenvalue weighted by Gasteiger charge is -2.17. The number of hydrogen-bond acceptors (Lipinski definition) is 3. The van der Waals surface area contributed by atoms with Crippen molar-refractivity contribution in [3.05, 3.63) is 48.0 Å².